The predicted octanol–water partition coefficient (Wildman–Crippen LogP) is 5.82. The number of hydrogen-bond donors (Lipinski definition) is 1. The van der Waals surface area contributed by atoms with Crippen LogP contribution in [0.5, 0.6) is 17.2 Å². The van der Waals surface area contributed by atoms with Gasteiger partial charge in [-0.05, 0) is 42.4 Å². The number of benzene rings is 3. The Bertz CT molecular complexity index is 1080. The second-order valence-electron chi connectivity index (χ2n) is 7.16. The predicted molar refractivity (Wildman–Crippen MR) is 124 cm³/mol. The maximum absolute atomic E-state index is 14.5. The van der Waals surface area contributed by atoms with Crippen molar-refractivity contribution in [3.63, 3.8) is 0 Å². The number of rotatable bonds is 9. The summed E-state index contributed by atoms with van der Waals surface area (Å²) in [7, 11) is 4.72. The highest BCUT2D eigenvalue weighted by atomic mass is 19.4. The summed E-state index contributed by atoms with van der Waals surface area (Å²) >= 11 is 0. The molecule has 0 bridgehead atoms. The SMILES string of the molecule is CNCCOc1ccc(C(=C(c2ccccc2)C(F)(F)F)c2ccc(OC)cc2OC)cc1. The molecule has 0 aliphatic rings. The van der Waals surface area contributed by atoms with Crippen molar-refractivity contribution in [1.29, 1.82) is 0 Å². The van der Waals surface area contributed by atoms with Crippen LogP contribution in [0.2, 0.25) is 0 Å². The van der Waals surface area contributed by atoms with E-state index in [1.807, 2.05) is 7.05 Å². The van der Waals surface area contributed by atoms with Crippen LogP contribution in [0.25, 0.3) is 11.1 Å². The third-order valence-corrected chi connectivity index (χ3v) is 5.04. The van der Waals surface area contributed by atoms with Crippen LogP contribution in [0, 0.1) is 0 Å². The molecule has 0 aromatic heterocycles. The molecular weight excluding hydrogens is 431 g/mol. The van der Waals surface area contributed by atoms with Crippen molar-refractivity contribution in [1.82, 2.24) is 5.32 Å². The van der Waals surface area contributed by atoms with Gasteiger partial charge in [-0.25, -0.2) is 0 Å². The number of likely N-dealkylation sites (N-methyl/N-ethyl adjacent to an activating group) is 1. The zero-order chi connectivity index (χ0) is 23.8. The maximum atomic E-state index is 14.5. The lowest BCUT2D eigenvalue weighted by Gasteiger charge is -2.21. The van der Waals surface area contributed by atoms with Crippen molar-refractivity contribution in [2.24, 2.45) is 0 Å². The monoisotopic (exact) mass is 457 g/mol. The summed E-state index contributed by atoms with van der Waals surface area (Å²) < 4.78 is 59.9. The van der Waals surface area contributed by atoms with E-state index in [1.165, 1.54) is 26.4 Å². The number of allylic oxidation sites excluding steroid dienone is 1. The summed E-state index contributed by atoms with van der Waals surface area (Å²) in [6, 6.07) is 19.1. The van der Waals surface area contributed by atoms with E-state index in [1.54, 1.807) is 60.7 Å². The lowest BCUT2D eigenvalue weighted by molar-refractivity contribution is -0.0685. The van der Waals surface area contributed by atoms with E-state index in [0.29, 0.717) is 35.8 Å². The molecule has 0 radical (unpaired) electrons. The molecule has 3 aromatic rings. The second kappa shape index (κ2) is 10.9. The number of nitrogens with one attached hydrogen (secondary N) is 1. The first-order valence-electron chi connectivity index (χ1n) is 10.4. The van der Waals surface area contributed by atoms with Crippen LogP contribution in [0.1, 0.15) is 16.7 Å². The molecule has 4 nitrogen and oxygen atoms in total. The summed E-state index contributed by atoms with van der Waals surface area (Å²) in [6.07, 6.45) is -4.62. The van der Waals surface area contributed by atoms with E-state index in [2.05, 4.69) is 5.32 Å². The van der Waals surface area contributed by atoms with E-state index in [4.69, 9.17) is 14.2 Å². The fourth-order valence-corrected chi connectivity index (χ4v) is 3.48. The van der Waals surface area contributed by atoms with Crippen LogP contribution in [0.4, 0.5) is 13.2 Å². The summed E-state index contributed by atoms with van der Waals surface area (Å²) in [5.74, 6) is 1.33. The van der Waals surface area contributed by atoms with Crippen LogP contribution < -0.4 is 19.5 Å². The molecule has 0 fully saturated rings. The van der Waals surface area contributed by atoms with Gasteiger partial charge >= 0.3 is 6.18 Å². The van der Waals surface area contributed by atoms with Crippen molar-refractivity contribution in [3.8, 4) is 17.2 Å². The fourth-order valence-electron chi connectivity index (χ4n) is 3.48. The van der Waals surface area contributed by atoms with Gasteiger partial charge in [0.2, 0.25) is 0 Å². The normalized spacial score (nSPS) is 12.2. The molecule has 0 heterocycles. The van der Waals surface area contributed by atoms with Gasteiger partial charge in [-0.1, -0.05) is 42.5 Å². The molecule has 3 rings (SSSR count). The van der Waals surface area contributed by atoms with Crippen LogP contribution in [-0.4, -0.2) is 40.6 Å². The largest absolute Gasteiger partial charge is 0.497 e. The van der Waals surface area contributed by atoms with Gasteiger partial charge in [0.1, 0.15) is 23.9 Å². The highest BCUT2D eigenvalue weighted by Gasteiger charge is 2.38. The van der Waals surface area contributed by atoms with E-state index < -0.39 is 11.7 Å². The van der Waals surface area contributed by atoms with Crippen LogP contribution in [0.15, 0.2) is 72.8 Å². The highest BCUT2D eigenvalue weighted by Crippen LogP contribution is 2.45. The second-order valence-corrected chi connectivity index (χ2v) is 7.16. The first-order valence-corrected chi connectivity index (χ1v) is 10.4. The molecule has 7 heteroatoms. The van der Waals surface area contributed by atoms with Crippen molar-refractivity contribution in [2.75, 3.05) is 34.4 Å². The van der Waals surface area contributed by atoms with Gasteiger partial charge in [-0.3, -0.25) is 0 Å². The highest BCUT2D eigenvalue weighted by molar-refractivity contribution is 6.01. The molecule has 0 atom stereocenters. The molecule has 0 amide bonds. The lowest BCUT2D eigenvalue weighted by Crippen LogP contribution is -2.16. The van der Waals surface area contributed by atoms with E-state index in [0.717, 1.165) is 0 Å². The zero-order valence-corrected chi connectivity index (χ0v) is 18.7. The lowest BCUT2D eigenvalue weighted by atomic mass is 9.88. The molecule has 3 aromatic carbocycles. The Balaban J connectivity index is 2.26. The average Bonchev–Trinajstić information content (AvgIpc) is 2.82. The quantitative estimate of drug-likeness (QED) is 0.325. The van der Waals surface area contributed by atoms with Crippen molar-refractivity contribution in [2.45, 2.75) is 6.18 Å². The Hall–Kier alpha value is -3.45. The van der Waals surface area contributed by atoms with Gasteiger partial charge < -0.3 is 19.5 Å². The summed E-state index contributed by atoms with van der Waals surface area (Å²) in [5.41, 5.74) is 0.00607. The Labute approximate surface area is 191 Å². The smallest absolute Gasteiger partial charge is 0.417 e. The Kier molecular flexibility index (Phi) is 8.01. The van der Waals surface area contributed by atoms with Gasteiger partial charge in [0.15, 0.2) is 0 Å². The third kappa shape index (κ3) is 5.87. The molecule has 0 unspecified atom stereocenters. The van der Waals surface area contributed by atoms with Crippen molar-refractivity contribution >= 4 is 11.1 Å². The van der Waals surface area contributed by atoms with Gasteiger partial charge in [-0.2, -0.15) is 13.2 Å². The molecule has 0 aliphatic heterocycles. The molecule has 1 N–H and O–H groups in total. The molecular formula is C26H26F3NO3. The van der Waals surface area contributed by atoms with E-state index >= 15 is 0 Å². The first kappa shape index (κ1) is 24.2. The van der Waals surface area contributed by atoms with E-state index in [9.17, 15) is 13.2 Å². The topological polar surface area (TPSA) is 39.7 Å². The molecule has 33 heavy (non-hydrogen) atoms. The van der Waals surface area contributed by atoms with Crippen molar-refractivity contribution < 1.29 is 27.4 Å². The van der Waals surface area contributed by atoms with Crippen molar-refractivity contribution in [3.05, 3.63) is 89.5 Å². The van der Waals surface area contributed by atoms with Crippen LogP contribution in [-0.2, 0) is 0 Å². The van der Waals surface area contributed by atoms with Crippen LogP contribution in [0.3, 0.4) is 0 Å². The zero-order valence-electron chi connectivity index (χ0n) is 18.7. The molecule has 0 spiro atoms. The molecule has 0 aliphatic carbocycles. The first-order chi connectivity index (χ1) is 15.9. The maximum Gasteiger partial charge on any atom is 0.417 e. The summed E-state index contributed by atoms with van der Waals surface area (Å²) in [5, 5.41) is 2.98. The number of alkyl halides is 3. The minimum absolute atomic E-state index is 0.00924. The number of ether oxygens (including phenoxy) is 3. The van der Waals surface area contributed by atoms with Gasteiger partial charge in [0, 0.05) is 23.7 Å². The molecule has 0 saturated heterocycles. The van der Waals surface area contributed by atoms with Gasteiger partial charge in [-0.15, -0.1) is 0 Å². The summed E-state index contributed by atoms with van der Waals surface area (Å²) in [4.78, 5) is 0. The number of halogens is 3. The number of methoxy groups -OCH3 is 2. The Morgan fingerprint density at radius 3 is 2.06 bits per heavy atom. The summed E-state index contributed by atoms with van der Waals surface area (Å²) in [6.45, 7) is 1.10. The van der Waals surface area contributed by atoms with Gasteiger partial charge in [0.25, 0.3) is 0 Å². The third-order valence-electron chi connectivity index (χ3n) is 5.04. The fraction of sp³-hybridized carbons (Fsp3) is 0.231. The van der Waals surface area contributed by atoms with Crippen LogP contribution >= 0.6 is 0 Å². The molecule has 0 saturated carbocycles. The number of hydrogen-bond acceptors (Lipinski definition) is 4. The Morgan fingerprint density at radius 2 is 1.48 bits per heavy atom. The van der Waals surface area contributed by atoms with E-state index in [-0.39, 0.29) is 16.9 Å². The minimum Gasteiger partial charge on any atom is -0.497 e. The Morgan fingerprint density at radius 1 is 0.818 bits per heavy atom. The van der Waals surface area contributed by atoms with Gasteiger partial charge in [0.05, 0.1) is 19.8 Å². The standard InChI is InChI=1S/C26H26F3NO3/c1-30-15-16-33-20-11-9-18(10-12-20)24(22-14-13-21(31-2)17-23(22)32-3)25(26(27,28)29)19-7-5-4-6-8-19/h4-14,17,30H,15-16H2,1-3H3. The minimum atomic E-state index is -4.62. The molecule has 174 valence electrons. The average molecular weight is 457 g/mol.